The fraction of sp³-hybridized carbons (Fsp3) is 0.364. The first-order valence-corrected chi connectivity index (χ1v) is 5.40. The van der Waals surface area contributed by atoms with Gasteiger partial charge in [-0.1, -0.05) is 12.2 Å². The summed E-state index contributed by atoms with van der Waals surface area (Å²) in [5.74, 6) is 0. The Balaban J connectivity index is 3.32. The van der Waals surface area contributed by atoms with Gasteiger partial charge in [-0.2, -0.15) is 13.2 Å². The van der Waals surface area contributed by atoms with Crippen molar-refractivity contribution in [2.24, 2.45) is 5.73 Å². The number of thiocarbonyl (C=S) groups is 1. The predicted molar refractivity (Wildman–Crippen MR) is 66.3 cm³/mol. The highest BCUT2D eigenvalue weighted by molar-refractivity contribution is 7.80. The summed E-state index contributed by atoms with van der Waals surface area (Å²) in [7, 11) is 1.77. The van der Waals surface area contributed by atoms with Crippen molar-refractivity contribution in [1.82, 2.24) is 0 Å². The Morgan fingerprint density at radius 2 is 2.00 bits per heavy atom. The van der Waals surface area contributed by atoms with Crippen LogP contribution in [-0.2, 0) is 6.18 Å². The number of nitrogens with zero attached hydrogens (tertiary/aromatic N) is 1. The van der Waals surface area contributed by atoms with Gasteiger partial charge in [0.15, 0.2) is 0 Å². The normalized spacial score (nSPS) is 11.4. The summed E-state index contributed by atoms with van der Waals surface area (Å²) in [6, 6.07) is 3.41. The molecular formula is C11H13F3N2S. The number of rotatable bonds is 3. The van der Waals surface area contributed by atoms with E-state index in [-0.39, 0.29) is 10.6 Å². The van der Waals surface area contributed by atoms with Crippen molar-refractivity contribution < 1.29 is 13.2 Å². The van der Waals surface area contributed by atoms with Crippen LogP contribution in [-0.4, -0.2) is 18.6 Å². The average molecular weight is 262 g/mol. The topological polar surface area (TPSA) is 29.3 Å². The Hall–Kier alpha value is -1.30. The van der Waals surface area contributed by atoms with Crippen LogP contribution in [0.5, 0.6) is 0 Å². The second kappa shape index (κ2) is 4.91. The molecule has 1 aromatic rings. The van der Waals surface area contributed by atoms with Crippen LogP contribution in [0.1, 0.15) is 18.1 Å². The molecule has 0 fully saturated rings. The van der Waals surface area contributed by atoms with Gasteiger partial charge < -0.3 is 10.6 Å². The predicted octanol–water partition coefficient (Wildman–Crippen LogP) is 2.80. The molecule has 2 nitrogen and oxygen atoms in total. The zero-order valence-electron chi connectivity index (χ0n) is 9.51. The van der Waals surface area contributed by atoms with Gasteiger partial charge in [-0.15, -0.1) is 0 Å². The average Bonchev–Trinajstić information content (AvgIpc) is 2.25. The van der Waals surface area contributed by atoms with Crippen LogP contribution in [0, 0.1) is 0 Å². The van der Waals surface area contributed by atoms with E-state index in [0.29, 0.717) is 12.2 Å². The Bertz CT molecular complexity index is 429. The van der Waals surface area contributed by atoms with E-state index in [9.17, 15) is 13.2 Å². The summed E-state index contributed by atoms with van der Waals surface area (Å²) in [6.07, 6.45) is -4.39. The van der Waals surface area contributed by atoms with Crippen molar-refractivity contribution in [1.29, 1.82) is 0 Å². The summed E-state index contributed by atoms with van der Waals surface area (Å²) < 4.78 is 37.6. The van der Waals surface area contributed by atoms with Crippen LogP contribution in [0.15, 0.2) is 18.2 Å². The molecule has 6 heteroatoms. The summed E-state index contributed by atoms with van der Waals surface area (Å²) in [5, 5.41) is 0. The van der Waals surface area contributed by atoms with Crippen LogP contribution in [0.4, 0.5) is 18.9 Å². The molecule has 0 amide bonds. The Morgan fingerprint density at radius 1 is 1.41 bits per heavy atom. The highest BCUT2D eigenvalue weighted by atomic mass is 32.1. The highest BCUT2D eigenvalue weighted by Crippen LogP contribution is 2.32. The minimum absolute atomic E-state index is 0.0357. The van der Waals surface area contributed by atoms with Gasteiger partial charge in [-0.25, -0.2) is 0 Å². The molecule has 0 aliphatic heterocycles. The van der Waals surface area contributed by atoms with Gasteiger partial charge >= 0.3 is 6.18 Å². The molecule has 0 radical (unpaired) electrons. The number of alkyl halides is 3. The molecular weight excluding hydrogens is 249 g/mol. The quantitative estimate of drug-likeness (QED) is 0.849. The number of anilines is 1. The van der Waals surface area contributed by atoms with E-state index in [2.05, 4.69) is 0 Å². The Morgan fingerprint density at radius 3 is 2.41 bits per heavy atom. The second-order valence-electron chi connectivity index (χ2n) is 3.61. The molecule has 1 rings (SSSR count). The van der Waals surface area contributed by atoms with Gasteiger partial charge in [0, 0.05) is 24.8 Å². The van der Waals surface area contributed by atoms with Crippen molar-refractivity contribution in [2.45, 2.75) is 13.1 Å². The van der Waals surface area contributed by atoms with Crippen LogP contribution in [0.2, 0.25) is 0 Å². The minimum Gasteiger partial charge on any atom is -0.389 e. The van der Waals surface area contributed by atoms with Crippen molar-refractivity contribution >= 4 is 22.9 Å². The van der Waals surface area contributed by atoms with Gasteiger partial charge in [-0.05, 0) is 25.1 Å². The smallest absolute Gasteiger partial charge is 0.389 e. The molecule has 0 aliphatic rings. The molecule has 17 heavy (non-hydrogen) atoms. The monoisotopic (exact) mass is 262 g/mol. The van der Waals surface area contributed by atoms with E-state index in [1.54, 1.807) is 11.9 Å². The van der Waals surface area contributed by atoms with E-state index in [0.717, 1.165) is 12.1 Å². The van der Waals surface area contributed by atoms with Crippen LogP contribution < -0.4 is 10.6 Å². The summed E-state index contributed by atoms with van der Waals surface area (Å²) in [6.45, 7) is 2.54. The number of halogens is 3. The second-order valence-corrected chi connectivity index (χ2v) is 4.05. The lowest BCUT2D eigenvalue weighted by Crippen LogP contribution is -2.22. The largest absolute Gasteiger partial charge is 0.416 e. The molecule has 0 aromatic heterocycles. The van der Waals surface area contributed by atoms with Gasteiger partial charge in [0.1, 0.15) is 4.99 Å². The lowest BCUT2D eigenvalue weighted by atomic mass is 10.1. The van der Waals surface area contributed by atoms with E-state index in [1.807, 2.05) is 6.92 Å². The third-order valence-corrected chi connectivity index (χ3v) is 2.69. The van der Waals surface area contributed by atoms with E-state index >= 15 is 0 Å². The standard InChI is InChI=1S/C11H13F3N2S/c1-3-16(2)9-5-4-7(11(12,13)14)6-8(9)10(15)17/h4-6H,3H2,1-2H3,(H2,15,17). The van der Waals surface area contributed by atoms with E-state index in [4.69, 9.17) is 18.0 Å². The number of hydrogen-bond donors (Lipinski definition) is 1. The minimum atomic E-state index is -4.39. The molecule has 0 atom stereocenters. The molecule has 0 bridgehead atoms. The maximum atomic E-state index is 12.5. The van der Waals surface area contributed by atoms with Crippen LogP contribution in [0.3, 0.4) is 0 Å². The van der Waals surface area contributed by atoms with Crippen molar-refractivity contribution in [3.05, 3.63) is 29.3 Å². The molecule has 0 heterocycles. The van der Waals surface area contributed by atoms with Crippen molar-refractivity contribution in [3.63, 3.8) is 0 Å². The fourth-order valence-electron chi connectivity index (χ4n) is 1.41. The molecule has 0 aliphatic carbocycles. The maximum absolute atomic E-state index is 12.5. The SMILES string of the molecule is CCN(C)c1ccc(C(F)(F)F)cc1C(N)=S. The fourth-order valence-corrected chi connectivity index (χ4v) is 1.58. The first-order valence-electron chi connectivity index (χ1n) is 4.99. The Labute approximate surface area is 103 Å². The lowest BCUT2D eigenvalue weighted by Gasteiger charge is -2.21. The number of nitrogens with two attached hydrogens (primary N) is 1. The van der Waals surface area contributed by atoms with E-state index < -0.39 is 11.7 Å². The third-order valence-electron chi connectivity index (χ3n) is 2.47. The summed E-state index contributed by atoms with van der Waals surface area (Å²) in [4.78, 5) is 1.75. The highest BCUT2D eigenvalue weighted by Gasteiger charge is 2.31. The van der Waals surface area contributed by atoms with Gasteiger partial charge in [0.2, 0.25) is 0 Å². The first kappa shape index (κ1) is 13.8. The van der Waals surface area contributed by atoms with Gasteiger partial charge in [0.05, 0.1) is 5.56 Å². The molecule has 0 saturated carbocycles. The van der Waals surface area contributed by atoms with Crippen LogP contribution in [0.25, 0.3) is 0 Å². The lowest BCUT2D eigenvalue weighted by molar-refractivity contribution is -0.137. The first-order chi connectivity index (χ1) is 7.77. The molecule has 0 saturated heterocycles. The molecule has 2 N–H and O–H groups in total. The number of benzene rings is 1. The van der Waals surface area contributed by atoms with Crippen LogP contribution >= 0.6 is 12.2 Å². The van der Waals surface area contributed by atoms with E-state index in [1.165, 1.54) is 6.07 Å². The third kappa shape index (κ3) is 3.09. The molecule has 0 spiro atoms. The maximum Gasteiger partial charge on any atom is 0.416 e. The number of hydrogen-bond acceptors (Lipinski definition) is 2. The zero-order valence-corrected chi connectivity index (χ0v) is 10.3. The van der Waals surface area contributed by atoms with Crippen molar-refractivity contribution in [2.75, 3.05) is 18.5 Å². The van der Waals surface area contributed by atoms with Gasteiger partial charge in [0.25, 0.3) is 0 Å². The molecule has 94 valence electrons. The van der Waals surface area contributed by atoms with Gasteiger partial charge in [-0.3, -0.25) is 0 Å². The molecule has 1 aromatic carbocycles. The summed E-state index contributed by atoms with van der Waals surface area (Å²) >= 11 is 4.78. The zero-order chi connectivity index (χ0) is 13.2. The van der Waals surface area contributed by atoms with Crippen molar-refractivity contribution in [3.8, 4) is 0 Å². The Kier molecular flexibility index (Phi) is 3.98. The molecule has 0 unspecified atom stereocenters. The summed E-state index contributed by atoms with van der Waals surface area (Å²) in [5.41, 5.74) is 5.57.